The summed E-state index contributed by atoms with van der Waals surface area (Å²) in [5.74, 6) is 0.0612. The van der Waals surface area contributed by atoms with Gasteiger partial charge >= 0.3 is 0 Å². The number of anilines is 2. The van der Waals surface area contributed by atoms with Gasteiger partial charge in [0.1, 0.15) is 0 Å². The van der Waals surface area contributed by atoms with E-state index in [0.717, 1.165) is 6.54 Å². The van der Waals surface area contributed by atoms with Crippen molar-refractivity contribution in [2.75, 3.05) is 41.7 Å². The van der Waals surface area contributed by atoms with Crippen LogP contribution in [-0.4, -0.2) is 52.4 Å². The second kappa shape index (κ2) is 8.15. The second-order valence-electron chi connectivity index (χ2n) is 5.77. The smallest absolute Gasteiger partial charge is 0.235 e. The zero-order valence-corrected chi connectivity index (χ0v) is 14.9. The van der Waals surface area contributed by atoms with Crippen LogP contribution in [0, 0.1) is 0 Å². The molecule has 1 unspecified atom stereocenters. The Kier molecular flexibility index (Phi) is 6.45. The van der Waals surface area contributed by atoms with Gasteiger partial charge in [0.05, 0.1) is 24.7 Å². The number of halogens is 1. The highest BCUT2D eigenvalue weighted by Crippen LogP contribution is 2.26. The minimum Gasteiger partial charge on any atom is -0.378 e. The number of sulfonamides is 1. The number of ether oxygens (including phenoxy) is 1. The topological polar surface area (TPSA) is 87.7 Å². The van der Waals surface area contributed by atoms with Crippen molar-refractivity contribution in [1.82, 2.24) is 5.32 Å². The summed E-state index contributed by atoms with van der Waals surface area (Å²) in [4.78, 5) is 12.1. The molecule has 2 aliphatic heterocycles. The number of morpholine rings is 1. The van der Waals surface area contributed by atoms with Gasteiger partial charge in [-0.25, -0.2) is 8.42 Å². The van der Waals surface area contributed by atoms with Gasteiger partial charge in [0.15, 0.2) is 0 Å². The predicted octanol–water partition coefficient (Wildman–Crippen LogP) is 0.965. The van der Waals surface area contributed by atoms with Gasteiger partial charge in [0.25, 0.3) is 0 Å². The fourth-order valence-electron chi connectivity index (χ4n) is 2.85. The van der Waals surface area contributed by atoms with Crippen LogP contribution in [0.15, 0.2) is 24.3 Å². The van der Waals surface area contributed by atoms with Crippen molar-refractivity contribution in [1.29, 1.82) is 0 Å². The molecule has 2 fully saturated rings. The van der Waals surface area contributed by atoms with Crippen molar-refractivity contribution in [3.63, 3.8) is 0 Å². The lowest BCUT2D eigenvalue weighted by molar-refractivity contribution is -0.117. The van der Waals surface area contributed by atoms with E-state index in [0.29, 0.717) is 44.0 Å². The molecule has 0 aliphatic carbocycles. The summed E-state index contributed by atoms with van der Waals surface area (Å²) >= 11 is 0. The van der Waals surface area contributed by atoms with Gasteiger partial charge in [-0.3, -0.25) is 9.10 Å². The molecule has 2 saturated heterocycles. The number of hydrogen-bond donors (Lipinski definition) is 2. The van der Waals surface area contributed by atoms with Crippen LogP contribution >= 0.6 is 12.4 Å². The molecular formula is C15H22ClN3O4S. The Morgan fingerprint density at radius 1 is 1.42 bits per heavy atom. The van der Waals surface area contributed by atoms with Crippen LogP contribution in [0.4, 0.5) is 11.4 Å². The van der Waals surface area contributed by atoms with Crippen molar-refractivity contribution in [2.45, 2.75) is 18.9 Å². The summed E-state index contributed by atoms with van der Waals surface area (Å²) in [6.07, 6.45) is 0.957. The largest absolute Gasteiger partial charge is 0.378 e. The third-order valence-corrected chi connectivity index (χ3v) is 5.82. The first-order valence-electron chi connectivity index (χ1n) is 7.76. The number of nitrogens with zero attached hydrogens (tertiary/aromatic N) is 1. The number of amides is 1. The van der Waals surface area contributed by atoms with Gasteiger partial charge in [-0.05, 0) is 24.6 Å². The Hall–Kier alpha value is -1.35. The van der Waals surface area contributed by atoms with Gasteiger partial charge < -0.3 is 15.4 Å². The van der Waals surface area contributed by atoms with Crippen LogP contribution in [0.2, 0.25) is 0 Å². The van der Waals surface area contributed by atoms with E-state index in [-0.39, 0.29) is 30.1 Å². The lowest BCUT2D eigenvalue weighted by atomic mass is 10.2. The number of rotatable bonds is 4. The summed E-state index contributed by atoms with van der Waals surface area (Å²) in [5, 5.41) is 6.05. The summed E-state index contributed by atoms with van der Waals surface area (Å²) in [6, 6.07) is 6.97. The Morgan fingerprint density at radius 2 is 2.25 bits per heavy atom. The molecule has 0 aromatic heterocycles. The highest BCUT2D eigenvalue weighted by molar-refractivity contribution is 7.93. The van der Waals surface area contributed by atoms with Crippen molar-refractivity contribution in [3.05, 3.63) is 24.3 Å². The van der Waals surface area contributed by atoms with E-state index in [4.69, 9.17) is 4.74 Å². The van der Waals surface area contributed by atoms with E-state index in [9.17, 15) is 13.2 Å². The Labute approximate surface area is 148 Å². The quantitative estimate of drug-likeness (QED) is 0.818. The molecule has 2 N–H and O–H groups in total. The van der Waals surface area contributed by atoms with Gasteiger partial charge in [-0.1, -0.05) is 6.07 Å². The standard InChI is InChI=1S/C15H21N3O4S.ClH/c19-15(10-13-11-22-7-5-16-13)17-12-3-1-4-14(9-12)18-6-2-8-23(18,20)21;/h1,3-4,9,13,16H,2,5-8,10-11H2,(H,17,19);1H. The average molecular weight is 376 g/mol. The molecule has 0 saturated carbocycles. The fourth-order valence-corrected chi connectivity index (χ4v) is 4.41. The predicted molar refractivity (Wildman–Crippen MR) is 95.3 cm³/mol. The van der Waals surface area contributed by atoms with Gasteiger partial charge in [0, 0.05) is 31.2 Å². The second-order valence-corrected chi connectivity index (χ2v) is 7.78. The number of carbonyl (C=O) groups excluding carboxylic acids is 1. The Balaban J connectivity index is 0.00000208. The molecule has 2 aliphatic rings. The van der Waals surface area contributed by atoms with E-state index in [1.807, 2.05) is 0 Å². The maximum Gasteiger partial charge on any atom is 0.235 e. The third kappa shape index (κ3) is 4.60. The average Bonchev–Trinajstić information content (AvgIpc) is 2.88. The fraction of sp³-hybridized carbons (Fsp3) is 0.533. The third-order valence-electron chi connectivity index (χ3n) is 3.95. The summed E-state index contributed by atoms with van der Waals surface area (Å²) in [7, 11) is -3.21. The van der Waals surface area contributed by atoms with Crippen molar-refractivity contribution >= 4 is 39.7 Å². The minimum absolute atomic E-state index is 0. The van der Waals surface area contributed by atoms with Crippen LogP contribution in [0.1, 0.15) is 12.8 Å². The number of carbonyl (C=O) groups is 1. The summed E-state index contributed by atoms with van der Waals surface area (Å²) in [5.41, 5.74) is 1.20. The first kappa shape index (κ1) is 19.0. The van der Waals surface area contributed by atoms with Crippen LogP contribution in [0.25, 0.3) is 0 Å². The highest BCUT2D eigenvalue weighted by Gasteiger charge is 2.28. The molecule has 7 nitrogen and oxygen atoms in total. The van der Waals surface area contributed by atoms with Crippen molar-refractivity contribution < 1.29 is 17.9 Å². The molecule has 134 valence electrons. The molecule has 9 heteroatoms. The molecule has 1 aromatic carbocycles. The minimum atomic E-state index is -3.21. The van der Waals surface area contributed by atoms with Gasteiger partial charge in [-0.2, -0.15) is 0 Å². The highest BCUT2D eigenvalue weighted by atomic mass is 35.5. The zero-order valence-electron chi connectivity index (χ0n) is 13.2. The van der Waals surface area contributed by atoms with E-state index in [2.05, 4.69) is 10.6 Å². The van der Waals surface area contributed by atoms with Crippen molar-refractivity contribution in [3.8, 4) is 0 Å². The number of hydrogen-bond acceptors (Lipinski definition) is 5. The van der Waals surface area contributed by atoms with Crippen LogP contribution in [0.5, 0.6) is 0 Å². The molecular weight excluding hydrogens is 354 g/mol. The van der Waals surface area contributed by atoms with Crippen LogP contribution in [-0.2, 0) is 19.6 Å². The van der Waals surface area contributed by atoms with E-state index in [1.165, 1.54) is 4.31 Å². The SMILES string of the molecule is Cl.O=C(CC1COCCN1)Nc1cccc(N2CCCS2(=O)=O)c1. The summed E-state index contributed by atoms with van der Waals surface area (Å²) < 4.78 is 30.7. The van der Waals surface area contributed by atoms with Crippen LogP contribution in [0.3, 0.4) is 0 Å². The Bertz CT molecular complexity index is 677. The normalized spacial score (nSPS) is 22.7. The van der Waals surface area contributed by atoms with Crippen LogP contribution < -0.4 is 14.9 Å². The molecule has 1 amide bonds. The summed E-state index contributed by atoms with van der Waals surface area (Å²) in [6.45, 7) is 2.44. The molecule has 3 rings (SSSR count). The zero-order chi connectivity index (χ0) is 16.3. The van der Waals surface area contributed by atoms with E-state index < -0.39 is 10.0 Å². The van der Waals surface area contributed by atoms with E-state index in [1.54, 1.807) is 24.3 Å². The molecule has 0 bridgehead atoms. The Morgan fingerprint density at radius 3 is 2.92 bits per heavy atom. The first-order chi connectivity index (χ1) is 11.0. The lowest BCUT2D eigenvalue weighted by Gasteiger charge is -2.23. The first-order valence-corrected chi connectivity index (χ1v) is 9.37. The monoisotopic (exact) mass is 375 g/mol. The lowest BCUT2D eigenvalue weighted by Crippen LogP contribution is -2.43. The molecule has 0 spiro atoms. The van der Waals surface area contributed by atoms with Crippen molar-refractivity contribution in [2.24, 2.45) is 0 Å². The van der Waals surface area contributed by atoms with Gasteiger partial charge in [-0.15, -0.1) is 12.4 Å². The molecule has 0 radical (unpaired) electrons. The van der Waals surface area contributed by atoms with E-state index >= 15 is 0 Å². The maximum atomic E-state index is 12.1. The maximum absolute atomic E-state index is 12.1. The molecule has 2 heterocycles. The molecule has 1 atom stereocenters. The molecule has 1 aromatic rings. The number of nitrogens with one attached hydrogen (secondary N) is 2. The van der Waals surface area contributed by atoms with Gasteiger partial charge in [0.2, 0.25) is 15.9 Å². The number of benzene rings is 1. The molecule has 24 heavy (non-hydrogen) atoms.